The molecule has 2 N–H and O–H groups in total. The minimum atomic E-state index is -3.73. The topological polar surface area (TPSA) is 58.2 Å². The molecule has 0 aliphatic carbocycles. The van der Waals surface area contributed by atoms with Gasteiger partial charge in [0.2, 0.25) is 0 Å². The summed E-state index contributed by atoms with van der Waals surface area (Å²) in [4.78, 5) is 0.998. The van der Waals surface area contributed by atoms with E-state index in [-0.39, 0.29) is 10.6 Å². The van der Waals surface area contributed by atoms with Crippen LogP contribution in [0.4, 0.5) is 10.1 Å². The summed E-state index contributed by atoms with van der Waals surface area (Å²) in [6, 6.07) is 4.28. The molecule has 0 radical (unpaired) electrons. The third-order valence-corrected chi connectivity index (χ3v) is 5.86. The van der Waals surface area contributed by atoms with Gasteiger partial charge in [-0.2, -0.15) is 0 Å². The fourth-order valence-corrected chi connectivity index (χ4v) is 4.87. The van der Waals surface area contributed by atoms with Gasteiger partial charge >= 0.3 is 0 Å². The summed E-state index contributed by atoms with van der Waals surface area (Å²) < 4.78 is 41.0. The lowest BCUT2D eigenvalue weighted by Crippen LogP contribution is -2.16. The van der Waals surface area contributed by atoms with E-state index in [9.17, 15) is 12.8 Å². The number of aryl methyl sites for hydroxylation is 2. The first-order valence-corrected chi connectivity index (χ1v) is 8.72. The zero-order valence-corrected chi connectivity index (χ0v) is 13.7. The predicted octanol–water partition coefficient (Wildman–Crippen LogP) is 3.02. The molecule has 0 aliphatic rings. The van der Waals surface area contributed by atoms with E-state index in [0.717, 1.165) is 4.88 Å². The molecule has 2 aromatic rings. The fraction of sp³-hybridized carbons (Fsp3) is 0.286. The van der Waals surface area contributed by atoms with Gasteiger partial charge in [-0.25, -0.2) is 12.8 Å². The minimum Gasteiger partial charge on any atom is -0.315 e. The Balaban J connectivity index is 2.38. The normalized spacial score (nSPS) is 11.6. The van der Waals surface area contributed by atoms with Crippen molar-refractivity contribution in [1.29, 1.82) is 0 Å². The zero-order chi connectivity index (χ0) is 15.6. The second-order valence-corrected chi connectivity index (χ2v) is 7.35. The standard InChI is InChI=1S/C14H17FN2O2S2/c1-9-4-5-11(6-12(9)15)17-21(18,19)14-10(2)8-20-13(14)7-16-3/h4-6,8,16-17H,7H2,1-3H3. The SMILES string of the molecule is CNCc1scc(C)c1S(=O)(=O)Nc1ccc(C)c(F)c1. The highest BCUT2D eigenvalue weighted by molar-refractivity contribution is 7.93. The lowest BCUT2D eigenvalue weighted by molar-refractivity contribution is 0.599. The van der Waals surface area contributed by atoms with Crippen LogP contribution in [0.25, 0.3) is 0 Å². The van der Waals surface area contributed by atoms with Crippen LogP contribution in [-0.4, -0.2) is 15.5 Å². The Morgan fingerprint density at radius 3 is 2.57 bits per heavy atom. The van der Waals surface area contributed by atoms with Crippen LogP contribution in [0.5, 0.6) is 0 Å². The van der Waals surface area contributed by atoms with Crippen LogP contribution in [0.1, 0.15) is 16.0 Å². The maximum Gasteiger partial charge on any atom is 0.263 e. The lowest BCUT2D eigenvalue weighted by Gasteiger charge is -2.11. The van der Waals surface area contributed by atoms with Crippen molar-refractivity contribution in [1.82, 2.24) is 5.32 Å². The van der Waals surface area contributed by atoms with Crippen LogP contribution in [0.15, 0.2) is 28.5 Å². The van der Waals surface area contributed by atoms with Gasteiger partial charge in [-0.15, -0.1) is 11.3 Å². The smallest absolute Gasteiger partial charge is 0.263 e. The number of anilines is 1. The van der Waals surface area contributed by atoms with E-state index < -0.39 is 15.8 Å². The molecule has 114 valence electrons. The third-order valence-electron chi connectivity index (χ3n) is 3.02. The van der Waals surface area contributed by atoms with E-state index in [1.165, 1.54) is 17.4 Å². The Kier molecular flexibility index (Phi) is 4.65. The number of halogens is 1. The van der Waals surface area contributed by atoms with E-state index in [4.69, 9.17) is 0 Å². The third kappa shape index (κ3) is 3.42. The molecule has 7 heteroatoms. The molecule has 0 spiro atoms. The van der Waals surface area contributed by atoms with Crippen molar-refractivity contribution in [2.45, 2.75) is 25.3 Å². The number of sulfonamides is 1. The van der Waals surface area contributed by atoms with E-state index in [1.807, 2.05) is 0 Å². The van der Waals surface area contributed by atoms with Crippen molar-refractivity contribution >= 4 is 27.0 Å². The fourth-order valence-electron chi connectivity index (χ4n) is 1.99. The van der Waals surface area contributed by atoms with Gasteiger partial charge in [-0.3, -0.25) is 4.72 Å². The molecule has 1 aromatic carbocycles. The van der Waals surface area contributed by atoms with Gasteiger partial charge in [0.25, 0.3) is 10.0 Å². The number of nitrogens with one attached hydrogen (secondary N) is 2. The van der Waals surface area contributed by atoms with Crippen molar-refractivity contribution in [2.24, 2.45) is 0 Å². The highest BCUT2D eigenvalue weighted by atomic mass is 32.2. The second kappa shape index (κ2) is 6.13. The Bertz CT molecular complexity index is 754. The molecule has 1 aromatic heterocycles. The van der Waals surface area contributed by atoms with Gasteiger partial charge in [0, 0.05) is 11.4 Å². The zero-order valence-electron chi connectivity index (χ0n) is 12.0. The molecule has 0 aliphatic heterocycles. The maximum absolute atomic E-state index is 13.5. The molecule has 0 saturated carbocycles. The van der Waals surface area contributed by atoms with Gasteiger partial charge < -0.3 is 5.32 Å². The number of benzene rings is 1. The molecule has 2 rings (SSSR count). The molecule has 21 heavy (non-hydrogen) atoms. The largest absolute Gasteiger partial charge is 0.315 e. The van der Waals surface area contributed by atoms with Crippen molar-refractivity contribution < 1.29 is 12.8 Å². The van der Waals surface area contributed by atoms with Gasteiger partial charge in [-0.05, 0) is 49.5 Å². The monoisotopic (exact) mass is 328 g/mol. The molecule has 0 saturated heterocycles. The van der Waals surface area contributed by atoms with E-state index in [0.29, 0.717) is 17.7 Å². The molecule has 4 nitrogen and oxygen atoms in total. The average Bonchev–Trinajstić information content (AvgIpc) is 2.76. The van der Waals surface area contributed by atoms with Crippen LogP contribution in [0.2, 0.25) is 0 Å². The minimum absolute atomic E-state index is 0.221. The summed E-state index contributed by atoms with van der Waals surface area (Å²) in [7, 11) is -1.97. The van der Waals surface area contributed by atoms with E-state index in [2.05, 4.69) is 10.0 Å². The second-order valence-electron chi connectivity index (χ2n) is 4.77. The Labute approximate surface area is 128 Å². The Morgan fingerprint density at radius 1 is 1.24 bits per heavy atom. The van der Waals surface area contributed by atoms with Crippen LogP contribution < -0.4 is 10.0 Å². The number of rotatable bonds is 5. The maximum atomic E-state index is 13.5. The summed E-state index contributed by atoms with van der Waals surface area (Å²) >= 11 is 1.39. The highest BCUT2D eigenvalue weighted by Gasteiger charge is 2.23. The molecule has 0 bridgehead atoms. The van der Waals surface area contributed by atoms with Crippen LogP contribution in [-0.2, 0) is 16.6 Å². The molecule has 0 amide bonds. The average molecular weight is 328 g/mol. The van der Waals surface area contributed by atoms with Gasteiger partial charge in [-0.1, -0.05) is 6.07 Å². The first kappa shape index (κ1) is 15.9. The highest BCUT2D eigenvalue weighted by Crippen LogP contribution is 2.28. The Hall–Kier alpha value is -1.44. The molecule has 0 atom stereocenters. The van der Waals surface area contributed by atoms with Gasteiger partial charge in [0.15, 0.2) is 0 Å². The van der Waals surface area contributed by atoms with Crippen LogP contribution in [0.3, 0.4) is 0 Å². The van der Waals surface area contributed by atoms with Crippen molar-refractivity contribution in [3.8, 4) is 0 Å². The van der Waals surface area contributed by atoms with Crippen molar-refractivity contribution in [3.05, 3.63) is 45.4 Å². The summed E-state index contributed by atoms with van der Waals surface area (Å²) in [5.41, 5.74) is 1.38. The van der Waals surface area contributed by atoms with Gasteiger partial charge in [0.05, 0.1) is 5.69 Å². The van der Waals surface area contributed by atoms with Crippen LogP contribution >= 0.6 is 11.3 Å². The molecule has 1 heterocycles. The number of hydrogen-bond donors (Lipinski definition) is 2. The van der Waals surface area contributed by atoms with Crippen LogP contribution in [0, 0.1) is 19.7 Å². The summed E-state index contributed by atoms with van der Waals surface area (Å²) in [6.07, 6.45) is 0. The summed E-state index contributed by atoms with van der Waals surface area (Å²) in [5, 5.41) is 4.75. The van der Waals surface area contributed by atoms with Gasteiger partial charge in [0.1, 0.15) is 10.7 Å². The predicted molar refractivity (Wildman–Crippen MR) is 83.8 cm³/mol. The lowest BCUT2D eigenvalue weighted by atomic mass is 10.2. The number of hydrogen-bond acceptors (Lipinski definition) is 4. The molecule has 0 fully saturated rings. The van der Waals surface area contributed by atoms with Crippen molar-refractivity contribution in [2.75, 3.05) is 11.8 Å². The number of thiophene rings is 1. The quantitative estimate of drug-likeness (QED) is 0.887. The van der Waals surface area contributed by atoms with Crippen molar-refractivity contribution in [3.63, 3.8) is 0 Å². The first-order chi connectivity index (χ1) is 9.85. The van der Waals surface area contributed by atoms with E-state index in [1.54, 1.807) is 38.4 Å². The molecular weight excluding hydrogens is 311 g/mol. The summed E-state index contributed by atoms with van der Waals surface area (Å²) in [6.45, 7) is 3.85. The van der Waals surface area contributed by atoms with E-state index >= 15 is 0 Å². The molecule has 0 unspecified atom stereocenters. The summed E-state index contributed by atoms with van der Waals surface area (Å²) in [5.74, 6) is -0.437. The first-order valence-electron chi connectivity index (χ1n) is 6.35. The Morgan fingerprint density at radius 2 is 1.95 bits per heavy atom. The molecular formula is C14H17FN2O2S2.